The maximum absolute atomic E-state index is 12.6. The number of nitrogens with one attached hydrogen (secondary N) is 1. The predicted octanol–water partition coefficient (Wildman–Crippen LogP) is 2.39. The molecule has 24 heavy (non-hydrogen) atoms. The molecule has 2 aromatic rings. The molecule has 2 N–H and O–H groups in total. The molecular weight excluding hydrogens is 306 g/mol. The van der Waals surface area contributed by atoms with Crippen molar-refractivity contribution in [2.24, 2.45) is 0 Å². The van der Waals surface area contributed by atoms with Crippen LogP contribution < -0.4 is 5.32 Å². The zero-order valence-corrected chi connectivity index (χ0v) is 13.9. The fraction of sp³-hybridized carbons (Fsp3) is 0.389. The lowest BCUT2D eigenvalue weighted by Gasteiger charge is -2.18. The standard InChI is InChI=1S/C18H21N3O3/c1-11-6-7-13(9-12(11)2)16(18(23)24)20-17(22)14-10-19-21-8-4-3-5-15(14)21/h6-7,9-10,16H,3-5,8H2,1-2H3,(H,20,22)(H,23,24). The first kappa shape index (κ1) is 16.2. The summed E-state index contributed by atoms with van der Waals surface area (Å²) < 4.78 is 1.84. The Morgan fingerprint density at radius 3 is 2.75 bits per heavy atom. The van der Waals surface area contributed by atoms with E-state index in [-0.39, 0.29) is 5.91 Å². The normalized spacial score (nSPS) is 14.8. The third kappa shape index (κ3) is 3.04. The molecule has 1 aliphatic heterocycles. The van der Waals surface area contributed by atoms with Crippen molar-refractivity contribution in [3.05, 3.63) is 52.3 Å². The first-order valence-electron chi connectivity index (χ1n) is 8.13. The fourth-order valence-corrected chi connectivity index (χ4v) is 3.05. The monoisotopic (exact) mass is 327 g/mol. The second-order valence-corrected chi connectivity index (χ2v) is 6.27. The Labute approximate surface area is 140 Å². The molecule has 6 heteroatoms. The third-order valence-electron chi connectivity index (χ3n) is 4.61. The summed E-state index contributed by atoms with van der Waals surface area (Å²) in [4.78, 5) is 24.2. The maximum Gasteiger partial charge on any atom is 0.330 e. The SMILES string of the molecule is Cc1ccc(C(NC(=O)c2cnn3c2CCCC3)C(=O)O)cc1C. The largest absolute Gasteiger partial charge is 0.479 e. The number of amides is 1. The Balaban J connectivity index is 1.86. The number of carbonyl (C=O) groups is 2. The van der Waals surface area contributed by atoms with E-state index in [0.717, 1.165) is 42.6 Å². The summed E-state index contributed by atoms with van der Waals surface area (Å²) in [5, 5.41) is 16.4. The van der Waals surface area contributed by atoms with Gasteiger partial charge in [-0.2, -0.15) is 5.10 Å². The quantitative estimate of drug-likeness (QED) is 0.903. The maximum atomic E-state index is 12.6. The van der Waals surface area contributed by atoms with Crippen molar-refractivity contribution in [1.29, 1.82) is 0 Å². The summed E-state index contributed by atoms with van der Waals surface area (Å²) in [7, 11) is 0. The molecule has 2 heterocycles. The van der Waals surface area contributed by atoms with Crippen molar-refractivity contribution in [2.75, 3.05) is 0 Å². The number of carboxylic acid groups (broad SMARTS) is 1. The van der Waals surface area contributed by atoms with E-state index < -0.39 is 12.0 Å². The third-order valence-corrected chi connectivity index (χ3v) is 4.61. The van der Waals surface area contributed by atoms with Crippen LogP contribution in [0.5, 0.6) is 0 Å². The number of benzene rings is 1. The van der Waals surface area contributed by atoms with Crippen LogP contribution in [-0.4, -0.2) is 26.8 Å². The van der Waals surface area contributed by atoms with Gasteiger partial charge in [-0.1, -0.05) is 18.2 Å². The van der Waals surface area contributed by atoms with Crippen LogP contribution in [0.2, 0.25) is 0 Å². The van der Waals surface area contributed by atoms with Crippen molar-refractivity contribution in [3.63, 3.8) is 0 Å². The van der Waals surface area contributed by atoms with Crippen molar-refractivity contribution < 1.29 is 14.7 Å². The van der Waals surface area contributed by atoms with Gasteiger partial charge in [0.2, 0.25) is 0 Å². The van der Waals surface area contributed by atoms with Crippen LogP contribution in [0.1, 0.15) is 51.6 Å². The fourth-order valence-electron chi connectivity index (χ4n) is 3.05. The van der Waals surface area contributed by atoms with E-state index in [2.05, 4.69) is 10.4 Å². The van der Waals surface area contributed by atoms with E-state index in [1.807, 2.05) is 30.7 Å². The second-order valence-electron chi connectivity index (χ2n) is 6.27. The molecule has 0 spiro atoms. The first-order chi connectivity index (χ1) is 11.5. The molecule has 1 unspecified atom stereocenters. The molecule has 0 saturated heterocycles. The molecule has 0 bridgehead atoms. The molecule has 1 atom stereocenters. The van der Waals surface area contributed by atoms with Gasteiger partial charge in [0, 0.05) is 6.54 Å². The van der Waals surface area contributed by atoms with Crippen LogP contribution in [-0.2, 0) is 17.8 Å². The minimum Gasteiger partial charge on any atom is -0.479 e. The molecule has 1 aromatic heterocycles. The molecule has 0 saturated carbocycles. The Morgan fingerprint density at radius 1 is 1.25 bits per heavy atom. The van der Waals surface area contributed by atoms with Crippen molar-refractivity contribution in [1.82, 2.24) is 15.1 Å². The van der Waals surface area contributed by atoms with Gasteiger partial charge in [-0.3, -0.25) is 9.48 Å². The number of rotatable bonds is 4. The number of nitrogens with zero attached hydrogens (tertiary/aromatic N) is 2. The molecular formula is C18H21N3O3. The highest BCUT2D eigenvalue weighted by Crippen LogP contribution is 2.21. The van der Waals surface area contributed by atoms with Crippen molar-refractivity contribution in [2.45, 2.75) is 45.7 Å². The highest BCUT2D eigenvalue weighted by Gasteiger charge is 2.26. The molecule has 0 radical (unpaired) electrons. The van der Waals surface area contributed by atoms with Gasteiger partial charge in [0.1, 0.15) is 0 Å². The van der Waals surface area contributed by atoms with Gasteiger partial charge in [-0.15, -0.1) is 0 Å². The van der Waals surface area contributed by atoms with Crippen molar-refractivity contribution in [3.8, 4) is 0 Å². The number of aryl methyl sites for hydroxylation is 3. The summed E-state index contributed by atoms with van der Waals surface area (Å²) >= 11 is 0. The highest BCUT2D eigenvalue weighted by atomic mass is 16.4. The lowest BCUT2D eigenvalue weighted by atomic mass is 10.0. The highest BCUT2D eigenvalue weighted by molar-refractivity contribution is 5.97. The van der Waals surface area contributed by atoms with E-state index >= 15 is 0 Å². The van der Waals surface area contributed by atoms with Gasteiger partial charge in [0.15, 0.2) is 6.04 Å². The van der Waals surface area contributed by atoms with Crippen LogP contribution in [0.4, 0.5) is 0 Å². The minimum atomic E-state index is -1.08. The first-order valence-corrected chi connectivity index (χ1v) is 8.13. The van der Waals surface area contributed by atoms with E-state index in [0.29, 0.717) is 11.1 Å². The Hall–Kier alpha value is -2.63. The van der Waals surface area contributed by atoms with Crippen LogP contribution in [0.3, 0.4) is 0 Å². The van der Waals surface area contributed by atoms with E-state index in [1.165, 1.54) is 6.20 Å². The van der Waals surface area contributed by atoms with Crippen LogP contribution in [0, 0.1) is 13.8 Å². The average molecular weight is 327 g/mol. The molecule has 126 valence electrons. The summed E-state index contributed by atoms with van der Waals surface area (Å²) in [5.41, 5.74) is 4.02. The number of carboxylic acids is 1. The van der Waals surface area contributed by atoms with E-state index in [1.54, 1.807) is 6.07 Å². The van der Waals surface area contributed by atoms with Gasteiger partial charge < -0.3 is 10.4 Å². The van der Waals surface area contributed by atoms with E-state index in [4.69, 9.17) is 0 Å². The van der Waals surface area contributed by atoms with E-state index in [9.17, 15) is 14.7 Å². The minimum absolute atomic E-state index is 0.385. The molecule has 1 amide bonds. The number of fused-ring (bicyclic) bond motifs is 1. The predicted molar refractivity (Wildman–Crippen MR) is 88.9 cm³/mol. The van der Waals surface area contributed by atoms with Gasteiger partial charge in [0.05, 0.1) is 17.5 Å². The molecule has 0 fully saturated rings. The number of carbonyl (C=O) groups excluding carboxylic acids is 1. The number of hydrogen-bond donors (Lipinski definition) is 2. The van der Waals surface area contributed by atoms with Gasteiger partial charge in [0.25, 0.3) is 5.91 Å². The zero-order valence-electron chi connectivity index (χ0n) is 13.9. The molecule has 1 aliphatic rings. The van der Waals surface area contributed by atoms with Crippen LogP contribution in [0.25, 0.3) is 0 Å². The van der Waals surface area contributed by atoms with Gasteiger partial charge in [-0.25, -0.2) is 4.79 Å². The average Bonchev–Trinajstić information content (AvgIpc) is 2.99. The van der Waals surface area contributed by atoms with Crippen LogP contribution in [0.15, 0.2) is 24.4 Å². The number of hydrogen-bond acceptors (Lipinski definition) is 3. The second kappa shape index (κ2) is 6.47. The lowest BCUT2D eigenvalue weighted by Crippen LogP contribution is -2.34. The summed E-state index contributed by atoms with van der Waals surface area (Å²) in [6.07, 6.45) is 4.40. The molecule has 6 nitrogen and oxygen atoms in total. The Kier molecular flexibility index (Phi) is 4.38. The van der Waals surface area contributed by atoms with Gasteiger partial charge in [-0.05, 0) is 49.8 Å². The van der Waals surface area contributed by atoms with Gasteiger partial charge >= 0.3 is 5.97 Å². The number of aliphatic carboxylic acids is 1. The number of aromatic nitrogens is 2. The molecule has 1 aromatic carbocycles. The zero-order chi connectivity index (χ0) is 17.3. The Morgan fingerprint density at radius 2 is 2.04 bits per heavy atom. The Bertz CT molecular complexity index is 795. The molecule has 3 rings (SSSR count). The van der Waals surface area contributed by atoms with Crippen molar-refractivity contribution >= 4 is 11.9 Å². The summed E-state index contributed by atoms with van der Waals surface area (Å²) in [6.45, 7) is 4.70. The topological polar surface area (TPSA) is 84.2 Å². The van der Waals surface area contributed by atoms with Crippen LogP contribution >= 0.6 is 0 Å². The smallest absolute Gasteiger partial charge is 0.330 e. The lowest BCUT2D eigenvalue weighted by molar-refractivity contribution is -0.139. The summed E-state index contributed by atoms with van der Waals surface area (Å²) in [5.74, 6) is -1.46. The molecule has 0 aliphatic carbocycles. The summed E-state index contributed by atoms with van der Waals surface area (Å²) in [6, 6.07) is 4.35.